The van der Waals surface area contributed by atoms with Gasteiger partial charge in [-0.1, -0.05) is 0 Å². The molecule has 0 fully saturated rings. The Morgan fingerprint density at radius 3 is 2.39 bits per heavy atom. The quantitative estimate of drug-likeness (QED) is 0.499. The van der Waals surface area contributed by atoms with Crippen molar-refractivity contribution in [3.8, 4) is 0 Å². The van der Waals surface area contributed by atoms with Gasteiger partial charge in [0.15, 0.2) is 5.16 Å². The molecule has 2 aromatic rings. The Bertz CT molecular complexity index is 559. The first-order chi connectivity index (χ1) is 8.54. The molecular weight excluding hydrogens is 246 g/mol. The van der Waals surface area contributed by atoms with E-state index in [1.807, 2.05) is 26.0 Å². The third-order valence-corrected chi connectivity index (χ3v) is 3.02. The van der Waals surface area contributed by atoms with Crippen LogP contribution in [0.2, 0.25) is 0 Å². The maximum absolute atomic E-state index is 7.29. The van der Waals surface area contributed by atoms with Crippen molar-refractivity contribution in [1.82, 2.24) is 15.0 Å². The Balaban J connectivity index is 2.20. The number of nitrogens with zero attached hydrogens (tertiary/aromatic N) is 3. The fraction of sp³-hybridized carbons (Fsp3) is 0.167. The van der Waals surface area contributed by atoms with Gasteiger partial charge in [0, 0.05) is 23.1 Å². The highest BCUT2D eigenvalue weighted by molar-refractivity contribution is 7.99. The number of nitrogens with two attached hydrogens (primary N) is 1. The molecule has 18 heavy (non-hydrogen) atoms. The van der Waals surface area contributed by atoms with Gasteiger partial charge in [-0.25, -0.2) is 15.0 Å². The van der Waals surface area contributed by atoms with Crippen LogP contribution in [0, 0.1) is 19.3 Å². The van der Waals surface area contributed by atoms with E-state index in [4.69, 9.17) is 11.1 Å². The van der Waals surface area contributed by atoms with Crippen molar-refractivity contribution in [2.45, 2.75) is 24.0 Å². The number of aryl methyl sites for hydroxylation is 2. The lowest BCUT2D eigenvalue weighted by atomic mass is 10.3. The number of rotatable bonds is 3. The van der Waals surface area contributed by atoms with Crippen molar-refractivity contribution in [2.75, 3.05) is 0 Å². The second-order valence-electron chi connectivity index (χ2n) is 3.83. The van der Waals surface area contributed by atoms with E-state index in [9.17, 15) is 0 Å². The average Bonchev–Trinajstić information content (AvgIpc) is 2.28. The molecule has 0 aromatic carbocycles. The summed E-state index contributed by atoms with van der Waals surface area (Å²) in [7, 11) is 0. The van der Waals surface area contributed by atoms with Gasteiger partial charge in [0.05, 0.1) is 0 Å². The van der Waals surface area contributed by atoms with Gasteiger partial charge in [-0.2, -0.15) is 0 Å². The number of nitrogen functional groups attached to an aromatic ring is 1. The van der Waals surface area contributed by atoms with Crippen molar-refractivity contribution in [3.05, 3.63) is 41.3 Å². The molecule has 0 aliphatic carbocycles. The molecule has 3 N–H and O–H groups in total. The average molecular weight is 259 g/mol. The zero-order chi connectivity index (χ0) is 13.1. The molecule has 2 rings (SSSR count). The Morgan fingerprint density at radius 2 is 1.89 bits per heavy atom. The highest BCUT2D eigenvalue weighted by Gasteiger charge is 2.04. The number of hydrogen-bond acceptors (Lipinski definition) is 5. The Morgan fingerprint density at radius 1 is 1.22 bits per heavy atom. The van der Waals surface area contributed by atoms with Crippen molar-refractivity contribution in [2.24, 2.45) is 5.73 Å². The van der Waals surface area contributed by atoms with Gasteiger partial charge in [-0.05, 0) is 43.8 Å². The van der Waals surface area contributed by atoms with Gasteiger partial charge in [0.25, 0.3) is 0 Å². The molecule has 0 saturated carbocycles. The maximum atomic E-state index is 7.29. The molecule has 0 aliphatic heterocycles. The molecule has 92 valence electrons. The van der Waals surface area contributed by atoms with Crippen LogP contribution < -0.4 is 5.73 Å². The summed E-state index contributed by atoms with van der Waals surface area (Å²) in [6.07, 6.45) is 1.58. The van der Waals surface area contributed by atoms with Crippen molar-refractivity contribution in [3.63, 3.8) is 0 Å². The first-order valence-electron chi connectivity index (χ1n) is 5.35. The second kappa shape index (κ2) is 5.14. The van der Waals surface area contributed by atoms with Crippen LogP contribution in [0.3, 0.4) is 0 Å². The third kappa shape index (κ3) is 3.04. The van der Waals surface area contributed by atoms with Gasteiger partial charge in [0.2, 0.25) is 0 Å². The van der Waals surface area contributed by atoms with Crippen LogP contribution in [-0.2, 0) is 0 Å². The summed E-state index contributed by atoms with van der Waals surface area (Å²) in [5.41, 5.74) is 7.85. The van der Waals surface area contributed by atoms with Gasteiger partial charge in [-0.3, -0.25) is 5.41 Å². The first kappa shape index (κ1) is 12.5. The minimum absolute atomic E-state index is 0.0155. The van der Waals surface area contributed by atoms with Crippen LogP contribution in [0.1, 0.15) is 17.0 Å². The molecule has 0 spiro atoms. The van der Waals surface area contributed by atoms with Crippen molar-refractivity contribution >= 4 is 17.6 Å². The zero-order valence-electron chi connectivity index (χ0n) is 10.1. The smallest absolute Gasteiger partial charge is 0.194 e. The third-order valence-electron chi connectivity index (χ3n) is 2.20. The van der Waals surface area contributed by atoms with E-state index in [1.165, 1.54) is 11.8 Å². The molecule has 0 atom stereocenters. The van der Waals surface area contributed by atoms with Crippen LogP contribution in [0.4, 0.5) is 0 Å². The molecule has 0 bridgehead atoms. The topological polar surface area (TPSA) is 88.5 Å². The zero-order valence-corrected chi connectivity index (χ0v) is 11.0. The van der Waals surface area contributed by atoms with E-state index in [0.29, 0.717) is 10.7 Å². The summed E-state index contributed by atoms with van der Waals surface area (Å²) in [6, 6.07) is 5.50. The Kier molecular flexibility index (Phi) is 3.57. The summed E-state index contributed by atoms with van der Waals surface area (Å²) >= 11 is 1.39. The lowest BCUT2D eigenvalue weighted by Gasteiger charge is -2.03. The summed E-state index contributed by atoms with van der Waals surface area (Å²) in [6.45, 7) is 3.87. The van der Waals surface area contributed by atoms with Gasteiger partial charge in [-0.15, -0.1) is 0 Å². The molecule has 0 unspecified atom stereocenters. The van der Waals surface area contributed by atoms with E-state index in [-0.39, 0.29) is 5.84 Å². The largest absolute Gasteiger partial charge is 0.384 e. The number of nitrogens with one attached hydrogen (secondary N) is 1. The fourth-order valence-corrected chi connectivity index (χ4v) is 2.24. The van der Waals surface area contributed by atoms with E-state index in [0.717, 1.165) is 16.4 Å². The minimum Gasteiger partial charge on any atom is -0.384 e. The molecule has 6 heteroatoms. The number of aromatic nitrogens is 3. The second-order valence-corrected chi connectivity index (χ2v) is 4.82. The van der Waals surface area contributed by atoms with E-state index in [1.54, 1.807) is 12.3 Å². The highest BCUT2D eigenvalue weighted by atomic mass is 32.2. The summed E-state index contributed by atoms with van der Waals surface area (Å²) in [5.74, 6) is 0.0155. The van der Waals surface area contributed by atoms with E-state index in [2.05, 4.69) is 15.0 Å². The maximum Gasteiger partial charge on any atom is 0.194 e. The van der Waals surface area contributed by atoms with Crippen LogP contribution in [0.15, 0.2) is 34.6 Å². The van der Waals surface area contributed by atoms with Gasteiger partial charge >= 0.3 is 0 Å². The predicted molar refractivity (Wildman–Crippen MR) is 70.9 cm³/mol. The van der Waals surface area contributed by atoms with Crippen LogP contribution in [0.25, 0.3) is 0 Å². The summed E-state index contributed by atoms with van der Waals surface area (Å²) in [4.78, 5) is 12.9. The Hall–Kier alpha value is -1.95. The molecule has 0 radical (unpaired) electrons. The lowest BCUT2D eigenvalue weighted by Crippen LogP contribution is -2.11. The van der Waals surface area contributed by atoms with Crippen molar-refractivity contribution < 1.29 is 0 Å². The molecule has 0 amide bonds. The minimum atomic E-state index is 0.0155. The number of pyridine rings is 1. The van der Waals surface area contributed by atoms with E-state index < -0.39 is 0 Å². The van der Waals surface area contributed by atoms with Gasteiger partial charge in [0.1, 0.15) is 10.9 Å². The lowest BCUT2D eigenvalue weighted by molar-refractivity contribution is 0.899. The van der Waals surface area contributed by atoms with Crippen LogP contribution in [-0.4, -0.2) is 20.8 Å². The van der Waals surface area contributed by atoms with E-state index >= 15 is 0 Å². The SMILES string of the molecule is Cc1cc(C)nc(Sc2ccc(C(=N)N)cn2)n1. The summed E-state index contributed by atoms with van der Waals surface area (Å²) < 4.78 is 0. The molecular formula is C12H13N5S. The standard InChI is InChI=1S/C12H13N5S/c1-7-5-8(2)17-12(16-7)18-10-4-3-9(6-15-10)11(13)14/h3-6H,1-2H3,(H3,13,14). The molecule has 2 aromatic heterocycles. The molecule has 2 heterocycles. The summed E-state index contributed by atoms with van der Waals surface area (Å²) in [5, 5.41) is 8.75. The molecule has 0 saturated heterocycles. The number of amidine groups is 1. The molecule has 5 nitrogen and oxygen atoms in total. The molecule has 0 aliphatic rings. The van der Waals surface area contributed by atoms with Crippen molar-refractivity contribution in [1.29, 1.82) is 5.41 Å². The first-order valence-corrected chi connectivity index (χ1v) is 6.17. The fourth-order valence-electron chi connectivity index (χ4n) is 1.43. The Labute approximate surface area is 109 Å². The normalized spacial score (nSPS) is 10.3. The van der Waals surface area contributed by atoms with Gasteiger partial charge < -0.3 is 5.73 Å². The monoisotopic (exact) mass is 259 g/mol. The predicted octanol–water partition coefficient (Wildman–Crippen LogP) is 1.92. The highest BCUT2D eigenvalue weighted by Crippen LogP contribution is 2.22. The van der Waals surface area contributed by atoms with Crippen LogP contribution in [0.5, 0.6) is 0 Å². The number of hydrogen-bond donors (Lipinski definition) is 2. The van der Waals surface area contributed by atoms with Crippen LogP contribution >= 0.6 is 11.8 Å².